The van der Waals surface area contributed by atoms with Crippen molar-refractivity contribution in [2.75, 3.05) is 4.72 Å². The summed E-state index contributed by atoms with van der Waals surface area (Å²) in [6, 6.07) is 6.07. The molecule has 2 aromatic heterocycles. The van der Waals surface area contributed by atoms with Gasteiger partial charge in [0, 0.05) is 16.5 Å². The van der Waals surface area contributed by atoms with Gasteiger partial charge in [-0.25, -0.2) is 13.2 Å². The molecule has 0 unspecified atom stereocenters. The Morgan fingerprint density at radius 2 is 2.14 bits per heavy atom. The van der Waals surface area contributed by atoms with Crippen LogP contribution in [0.3, 0.4) is 0 Å². The van der Waals surface area contributed by atoms with Gasteiger partial charge in [-0.2, -0.15) is 5.10 Å². The van der Waals surface area contributed by atoms with Crippen LogP contribution in [-0.4, -0.2) is 29.7 Å². The molecule has 1 aromatic carbocycles. The van der Waals surface area contributed by atoms with Crippen LogP contribution in [0.15, 0.2) is 40.7 Å². The van der Waals surface area contributed by atoms with Crippen LogP contribution < -0.4 is 4.72 Å². The van der Waals surface area contributed by atoms with Crippen LogP contribution in [0, 0.1) is 0 Å². The third kappa shape index (κ3) is 2.60. The van der Waals surface area contributed by atoms with Crippen LogP contribution in [0.2, 0.25) is 0 Å². The molecule has 0 saturated carbocycles. The van der Waals surface area contributed by atoms with E-state index in [1.165, 1.54) is 5.38 Å². The summed E-state index contributed by atoms with van der Waals surface area (Å²) in [5, 5.41) is 17.5. The number of H-pyrrole nitrogens is 1. The Bertz CT molecular complexity index is 927. The fourth-order valence-corrected chi connectivity index (χ4v) is 3.95. The number of sulfonamides is 1. The number of anilines is 1. The van der Waals surface area contributed by atoms with Crippen LogP contribution in [0.1, 0.15) is 9.67 Å². The molecule has 0 aliphatic rings. The van der Waals surface area contributed by atoms with Gasteiger partial charge in [0.2, 0.25) is 0 Å². The minimum atomic E-state index is -3.81. The number of hydrogen-bond donors (Lipinski definition) is 3. The summed E-state index contributed by atoms with van der Waals surface area (Å²) in [5.74, 6) is -1.15. The number of carbonyl (C=O) groups is 1. The van der Waals surface area contributed by atoms with Gasteiger partial charge in [-0.3, -0.25) is 9.82 Å². The largest absolute Gasteiger partial charge is 0.477 e. The van der Waals surface area contributed by atoms with Crippen molar-refractivity contribution in [2.45, 2.75) is 4.90 Å². The molecule has 0 aliphatic heterocycles. The second-order valence-corrected chi connectivity index (χ2v) is 6.82. The van der Waals surface area contributed by atoms with Gasteiger partial charge in [0.15, 0.2) is 0 Å². The molecule has 0 radical (unpaired) electrons. The number of benzene rings is 1. The summed E-state index contributed by atoms with van der Waals surface area (Å²) >= 11 is 0.865. The van der Waals surface area contributed by atoms with Gasteiger partial charge >= 0.3 is 5.97 Å². The van der Waals surface area contributed by atoms with Crippen LogP contribution in [0.4, 0.5) is 5.69 Å². The first-order valence-corrected chi connectivity index (χ1v) is 8.10. The maximum absolute atomic E-state index is 12.2. The number of aromatic amines is 1. The van der Waals surface area contributed by atoms with Crippen LogP contribution in [0.5, 0.6) is 0 Å². The lowest BCUT2D eigenvalue weighted by Crippen LogP contribution is -2.12. The number of nitrogens with zero attached hydrogens (tertiary/aromatic N) is 1. The number of carboxylic acid groups (broad SMARTS) is 1. The summed E-state index contributed by atoms with van der Waals surface area (Å²) in [6.45, 7) is 0. The predicted molar refractivity (Wildman–Crippen MR) is 78.2 cm³/mol. The lowest BCUT2D eigenvalue weighted by atomic mass is 10.2. The van der Waals surface area contributed by atoms with Crippen LogP contribution >= 0.6 is 11.3 Å². The van der Waals surface area contributed by atoms with E-state index in [0.29, 0.717) is 5.69 Å². The highest BCUT2D eigenvalue weighted by atomic mass is 32.2. The van der Waals surface area contributed by atoms with Crippen LogP contribution in [-0.2, 0) is 10.0 Å². The Hall–Kier alpha value is -2.39. The van der Waals surface area contributed by atoms with Crippen molar-refractivity contribution in [3.63, 3.8) is 0 Å². The monoisotopic (exact) mass is 323 g/mol. The molecule has 0 saturated heterocycles. The van der Waals surface area contributed by atoms with Gasteiger partial charge in [-0.15, -0.1) is 11.3 Å². The topological polar surface area (TPSA) is 112 Å². The third-order valence-corrected chi connectivity index (χ3v) is 5.22. The van der Waals surface area contributed by atoms with E-state index < -0.39 is 16.0 Å². The fourth-order valence-electron chi connectivity index (χ4n) is 1.79. The fraction of sp³-hybridized carbons (Fsp3) is 0. The Labute approximate surface area is 123 Å². The van der Waals surface area contributed by atoms with Crippen molar-refractivity contribution in [1.82, 2.24) is 10.2 Å². The molecule has 7 nitrogen and oxygen atoms in total. The number of thiophene rings is 1. The van der Waals surface area contributed by atoms with Crippen molar-refractivity contribution >= 4 is 43.9 Å². The smallest absolute Gasteiger partial charge is 0.345 e. The number of fused-ring (bicyclic) bond motifs is 1. The standard InChI is InChI=1S/C12H9N3O4S2/c16-12(17)11-4-9(6-20-11)21(18,19)15-8-1-2-10-7(3-8)5-13-14-10/h1-6,15H,(H,13,14)(H,16,17). The Morgan fingerprint density at radius 1 is 1.33 bits per heavy atom. The summed E-state index contributed by atoms with van der Waals surface area (Å²) in [5.41, 5.74) is 1.17. The van der Waals surface area contributed by atoms with Crippen LogP contribution in [0.25, 0.3) is 10.9 Å². The average Bonchev–Trinajstić information content (AvgIpc) is 3.07. The Kier molecular flexibility index (Phi) is 3.15. The number of aromatic nitrogens is 2. The van der Waals surface area contributed by atoms with E-state index >= 15 is 0 Å². The number of carboxylic acids is 1. The summed E-state index contributed by atoms with van der Waals surface area (Å²) in [6.07, 6.45) is 1.58. The molecular formula is C12H9N3O4S2. The van der Waals surface area contributed by atoms with Gasteiger partial charge in [0.05, 0.1) is 16.6 Å². The van der Waals surface area contributed by atoms with E-state index in [0.717, 1.165) is 28.3 Å². The molecule has 3 rings (SSSR count). The molecule has 108 valence electrons. The molecule has 0 amide bonds. The second-order valence-electron chi connectivity index (χ2n) is 4.23. The van der Waals surface area contributed by atoms with Crippen molar-refractivity contribution < 1.29 is 18.3 Å². The third-order valence-electron chi connectivity index (χ3n) is 2.79. The zero-order valence-corrected chi connectivity index (χ0v) is 12.0. The summed E-state index contributed by atoms with van der Waals surface area (Å²) < 4.78 is 26.8. The molecule has 3 aromatic rings. The van der Waals surface area contributed by atoms with Crippen molar-refractivity contribution in [3.8, 4) is 0 Å². The molecule has 0 bridgehead atoms. The van der Waals surface area contributed by atoms with E-state index in [1.54, 1.807) is 24.4 Å². The minimum absolute atomic E-state index is 0.0272. The van der Waals surface area contributed by atoms with Gasteiger partial charge in [-0.05, 0) is 24.3 Å². The van der Waals surface area contributed by atoms with Crippen molar-refractivity contribution in [3.05, 3.63) is 40.7 Å². The average molecular weight is 323 g/mol. The van der Waals surface area contributed by atoms with Gasteiger partial charge in [0.1, 0.15) is 4.88 Å². The van der Waals surface area contributed by atoms with Crippen molar-refractivity contribution in [1.29, 1.82) is 0 Å². The normalized spacial score (nSPS) is 11.6. The zero-order valence-electron chi connectivity index (χ0n) is 10.4. The number of rotatable bonds is 4. The lowest BCUT2D eigenvalue weighted by Gasteiger charge is -2.06. The number of hydrogen-bond acceptors (Lipinski definition) is 5. The van der Waals surface area contributed by atoms with E-state index in [2.05, 4.69) is 14.9 Å². The molecule has 2 heterocycles. The summed E-state index contributed by atoms with van der Waals surface area (Å²) in [7, 11) is -3.81. The molecular weight excluding hydrogens is 314 g/mol. The molecule has 0 atom stereocenters. The Balaban J connectivity index is 1.92. The number of nitrogens with one attached hydrogen (secondary N) is 2. The first-order chi connectivity index (χ1) is 9.95. The lowest BCUT2D eigenvalue weighted by molar-refractivity contribution is 0.0702. The SMILES string of the molecule is O=C(O)c1cc(S(=O)(=O)Nc2ccc3[nH]ncc3c2)cs1. The highest BCUT2D eigenvalue weighted by Crippen LogP contribution is 2.23. The molecule has 9 heteroatoms. The molecule has 0 fully saturated rings. The first kappa shape index (κ1) is 13.6. The van der Waals surface area contributed by atoms with E-state index in [9.17, 15) is 13.2 Å². The predicted octanol–water partition coefficient (Wildman–Crippen LogP) is 2.12. The van der Waals surface area contributed by atoms with E-state index in [1.807, 2.05) is 0 Å². The molecule has 3 N–H and O–H groups in total. The number of aromatic carboxylic acids is 1. The minimum Gasteiger partial charge on any atom is -0.477 e. The van der Waals surface area contributed by atoms with Gasteiger partial charge < -0.3 is 5.11 Å². The van der Waals surface area contributed by atoms with Gasteiger partial charge in [-0.1, -0.05) is 0 Å². The molecule has 21 heavy (non-hydrogen) atoms. The maximum atomic E-state index is 12.2. The van der Waals surface area contributed by atoms with Crippen molar-refractivity contribution in [2.24, 2.45) is 0 Å². The highest BCUT2D eigenvalue weighted by molar-refractivity contribution is 7.92. The van der Waals surface area contributed by atoms with E-state index in [4.69, 9.17) is 5.11 Å². The highest BCUT2D eigenvalue weighted by Gasteiger charge is 2.18. The quantitative estimate of drug-likeness (QED) is 0.681. The Morgan fingerprint density at radius 3 is 2.86 bits per heavy atom. The molecule has 0 aliphatic carbocycles. The first-order valence-electron chi connectivity index (χ1n) is 5.73. The second kappa shape index (κ2) is 4.86. The van der Waals surface area contributed by atoms with Gasteiger partial charge in [0.25, 0.3) is 10.0 Å². The van der Waals surface area contributed by atoms with E-state index in [-0.39, 0.29) is 9.77 Å². The maximum Gasteiger partial charge on any atom is 0.345 e. The summed E-state index contributed by atoms with van der Waals surface area (Å²) in [4.78, 5) is 10.7. The zero-order chi connectivity index (χ0) is 15.0. The molecule has 0 spiro atoms.